The first-order valence-electron chi connectivity index (χ1n) is 15.8. The van der Waals surface area contributed by atoms with Gasteiger partial charge >= 0.3 is 6.01 Å². The lowest BCUT2D eigenvalue weighted by Crippen LogP contribution is -2.55. The first-order chi connectivity index (χ1) is 21.9. The van der Waals surface area contributed by atoms with Gasteiger partial charge in [-0.15, -0.1) is 0 Å². The second-order valence-electron chi connectivity index (χ2n) is 12.6. The Morgan fingerprint density at radius 1 is 1.09 bits per heavy atom. The molecule has 0 radical (unpaired) electrons. The molecule has 7 rings (SSSR count). The second kappa shape index (κ2) is 12.4. The summed E-state index contributed by atoms with van der Waals surface area (Å²) in [6.07, 6.45) is 5.67. The van der Waals surface area contributed by atoms with Crippen LogP contribution < -0.4 is 14.5 Å². The van der Waals surface area contributed by atoms with Crippen molar-refractivity contribution < 1.29 is 9.53 Å². The van der Waals surface area contributed by atoms with E-state index in [-0.39, 0.29) is 23.9 Å². The average Bonchev–Trinajstić information content (AvgIpc) is 3.63. The molecular weight excluding hydrogens is 654 g/mol. The van der Waals surface area contributed by atoms with E-state index in [4.69, 9.17) is 26.3 Å². The van der Waals surface area contributed by atoms with Gasteiger partial charge in [0.2, 0.25) is 0 Å². The first-order valence-corrected chi connectivity index (χ1v) is 17.0. The maximum Gasteiger partial charge on any atom is 0.318 e. The van der Waals surface area contributed by atoms with Gasteiger partial charge in [-0.3, -0.25) is 9.69 Å². The van der Waals surface area contributed by atoms with Crippen molar-refractivity contribution in [3.8, 4) is 12.1 Å². The van der Waals surface area contributed by atoms with E-state index in [2.05, 4.69) is 67.5 Å². The fourth-order valence-corrected chi connectivity index (χ4v) is 8.38. The third-order valence-electron chi connectivity index (χ3n) is 10.1. The summed E-state index contributed by atoms with van der Waals surface area (Å²) in [5.41, 5.74) is 3.22. The number of rotatable bonds is 7. The van der Waals surface area contributed by atoms with E-state index in [0.29, 0.717) is 43.3 Å². The summed E-state index contributed by atoms with van der Waals surface area (Å²) in [7, 11) is 0. The summed E-state index contributed by atoms with van der Waals surface area (Å²) in [5.74, 6) is 0.676. The van der Waals surface area contributed by atoms with Crippen LogP contribution in [-0.2, 0) is 17.8 Å². The lowest BCUT2D eigenvalue weighted by molar-refractivity contribution is -0.128. The third kappa shape index (κ3) is 5.64. The molecule has 0 saturated carbocycles. The number of amides is 1. The number of fused-ring (bicyclic) bond motifs is 3. The van der Waals surface area contributed by atoms with Crippen molar-refractivity contribution in [2.24, 2.45) is 0 Å². The summed E-state index contributed by atoms with van der Waals surface area (Å²) < 4.78 is 6.82. The summed E-state index contributed by atoms with van der Waals surface area (Å²) >= 11 is 9.98. The van der Waals surface area contributed by atoms with Gasteiger partial charge in [0, 0.05) is 42.8 Å². The molecule has 3 saturated heterocycles. The van der Waals surface area contributed by atoms with Gasteiger partial charge in [-0.25, -0.2) is 0 Å². The number of anilines is 2. The van der Waals surface area contributed by atoms with Crippen molar-refractivity contribution in [3.05, 3.63) is 63.7 Å². The maximum absolute atomic E-state index is 12.9. The number of hydrogen-bond donors (Lipinski definition) is 0. The van der Waals surface area contributed by atoms with Gasteiger partial charge in [0.25, 0.3) is 5.91 Å². The molecule has 2 aromatic carbocycles. The Balaban J connectivity index is 1.23. The fraction of sp³-hybridized carbons (Fsp3) is 0.471. The van der Waals surface area contributed by atoms with Crippen LogP contribution in [0.5, 0.6) is 6.01 Å². The van der Waals surface area contributed by atoms with E-state index in [1.54, 1.807) is 4.90 Å². The number of benzene rings is 2. The van der Waals surface area contributed by atoms with E-state index in [1.165, 1.54) is 12.8 Å². The number of carbonyl (C=O) groups is 1. The highest BCUT2D eigenvalue weighted by Gasteiger charge is 2.45. The second-order valence-corrected chi connectivity index (χ2v) is 14.0. The van der Waals surface area contributed by atoms with Crippen LogP contribution in [0.2, 0.25) is 5.02 Å². The fourth-order valence-electron chi connectivity index (χ4n) is 7.87. The number of halogens is 2. The molecule has 0 bridgehead atoms. The highest BCUT2D eigenvalue weighted by Crippen LogP contribution is 2.40. The molecule has 0 unspecified atom stereocenters. The molecule has 9 nitrogen and oxygen atoms in total. The third-order valence-corrected chi connectivity index (χ3v) is 10.7. The summed E-state index contributed by atoms with van der Waals surface area (Å²) in [4.78, 5) is 31.9. The zero-order valence-electron chi connectivity index (χ0n) is 25.4. The summed E-state index contributed by atoms with van der Waals surface area (Å²) in [5, 5.41) is 12.5. The highest BCUT2D eigenvalue weighted by molar-refractivity contribution is 9.12. The number of aromatic nitrogens is 2. The number of hydrogen-bond acceptors (Lipinski definition) is 8. The van der Waals surface area contributed by atoms with Gasteiger partial charge in [0.05, 0.1) is 45.8 Å². The molecule has 3 fully saturated rings. The van der Waals surface area contributed by atoms with E-state index in [0.717, 1.165) is 77.5 Å². The number of carbonyl (C=O) groups excluding carboxylic acids is 1. The zero-order valence-corrected chi connectivity index (χ0v) is 27.7. The average molecular weight is 691 g/mol. The molecule has 1 atom stereocenters. The van der Waals surface area contributed by atoms with Gasteiger partial charge < -0.3 is 19.4 Å². The zero-order chi connectivity index (χ0) is 31.1. The molecule has 1 aromatic heterocycles. The van der Waals surface area contributed by atoms with Crippen LogP contribution in [0.25, 0.3) is 10.8 Å². The van der Waals surface area contributed by atoms with Crippen LogP contribution in [0.15, 0.2) is 47.5 Å². The minimum Gasteiger partial charge on any atom is -0.461 e. The lowest BCUT2D eigenvalue weighted by Gasteiger charge is -2.42. The SMILES string of the molecule is C=C(Br)C(=O)N1CCN(c2nc(OCC34CCCN3CCC4)nc3c2CCN(c2cccc4cccc(Cl)c24)C3)C[C@@H]1CC#N. The van der Waals surface area contributed by atoms with Crippen molar-refractivity contribution in [2.75, 3.05) is 55.7 Å². The van der Waals surface area contributed by atoms with Crippen molar-refractivity contribution in [3.63, 3.8) is 0 Å². The quantitative estimate of drug-likeness (QED) is 0.292. The minimum atomic E-state index is -0.275. The van der Waals surface area contributed by atoms with Crippen molar-refractivity contribution in [1.82, 2.24) is 19.8 Å². The van der Waals surface area contributed by atoms with Crippen LogP contribution in [0.3, 0.4) is 0 Å². The molecule has 1 amide bonds. The number of piperazine rings is 1. The summed E-state index contributed by atoms with van der Waals surface area (Å²) in [6.45, 7) is 9.59. The van der Waals surface area contributed by atoms with Gasteiger partial charge in [-0.2, -0.15) is 15.2 Å². The van der Waals surface area contributed by atoms with Crippen molar-refractivity contribution in [2.45, 2.75) is 56.7 Å². The minimum absolute atomic E-state index is 0.0765. The molecule has 234 valence electrons. The van der Waals surface area contributed by atoms with Gasteiger partial charge in [-0.1, -0.05) is 42.4 Å². The van der Waals surface area contributed by atoms with Crippen LogP contribution in [0, 0.1) is 11.3 Å². The molecular formula is C34H37BrClN7O2. The molecule has 5 heterocycles. The maximum atomic E-state index is 12.9. The monoisotopic (exact) mass is 689 g/mol. The Hall–Kier alpha value is -3.39. The number of ether oxygens (including phenoxy) is 1. The normalized spacial score (nSPS) is 21.0. The van der Waals surface area contributed by atoms with Crippen molar-refractivity contribution in [1.29, 1.82) is 5.26 Å². The van der Waals surface area contributed by atoms with Crippen LogP contribution in [0.4, 0.5) is 11.5 Å². The van der Waals surface area contributed by atoms with E-state index >= 15 is 0 Å². The lowest BCUT2D eigenvalue weighted by atomic mass is 9.95. The molecule has 45 heavy (non-hydrogen) atoms. The first kappa shape index (κ1) is 30.3. The molecule has 3 aromatic rings. The van der Waals surface area contributed by atoms with E-state index in [1.807, 2.05) is 12.1 Å². The predicted octanol–water partition coefficient (Wildman–Crippen LogP) is 5.69. The molecule has 4 aliphatic rings. The standard InChI is InChI=1S/C34H37BrClN7O2/c1-23(35)32(44)43-19-18-41(20-25(43)10-14-37)31-26-11-17-40(29-9-3-7-24-6-2-8-27(36)30(24)29)21-28(26)38-33(39-31)45-22-34-12-4-15-42(34)16-5-13-34/h2-3,6-9,25H,1,4-5,10-13,15-22H2/t25-/m0/s1. The van der Waals surface area contributed by atoms with Crippen LogP contribution >= 0.6 is 27.5 Å². The van der Waals surface area contributed by atoms with Crippen LogP contribution in [0.1, 0.15) is 43.4 Å². The largest absolute Gasteiger partial charge is 0.461 e. The molecule has 11 heteroatoms. The van der Waals surface area contributed by atoms with Gasteiger partial charge in [-0.05, 0) is 78.6 Å². The molecule has 0 spiro atoms. The molecule has 0 N–H and O–H groups in total. The number of nitrogens with zero attached hydrogens (tertiary/aromatic N) is 7. The molecule has 0 aliphatic carbocycles. The van der Waals surface area contributed by atoms with Gasteiger partial charge in [0.1, 0.15) is 12.4 Å². The Kier molecular flexibility index (Phi) is 8.36. The molecule has 4 aliphatic heterocycles. The van der Waals surface area contributed by atoms with Crippen molar-refractivity contribution >= 4 is 55.7 Å². The van der Waals surface area contributed by atoms with Crippen LogP contribution in [-0.4, -0.2) is 83.1 Å². The Morgan fingerprint density at radius 3 is 2.62 bits per heavy atom. The summed E-state index contributed by atoms with van der Waals surface area (Å²) in [6, 6.07) is 14.7. The Morgan fingerprint density at radius 2 is 1.87 bits per heavy atom. The Bertz CT molecular complexity index is 1680. The number of nitriles is 1. The van der Waals surface area contributed by atoms with Gasteiger partial charge in [0.15, 0.2) is 0 Å². The van der Waals surface area contributed by atoms with E-state index in [9.17, 15) is 10.1 Å². The topological polar surface area (TPSA) is 88.8 Å². The smallest absolute Gasteiger partial charge is 0.318 e. The highest BCUT2D eigenvalue weighted by atomic mass is 79.9. The predicted molar refractivity (Wildman–Crippen MR) is 180 cm³/mol. The Labute approximate surface area is 277 Å². The van der Waals surface area contributed by atoms with E-state index < -0.39 is 0 Å².